The van der Waals surface area contributed by atoms with Gasteiger partial charge in [0.2, 0.25) is 0 Å². The second-order valence-corrected chi connectivity index (χ2v) is 14.4. The molecule has 10 aromatic rings. The molecule has 3 heterocycles. The fourth-order valence-electron chi connectivity index (χ4n) is 6.96. The summed E-state index contributed by atoms with van der Waals surface area (Å²) in [4.78, 5) is 25.1. The number of nitrogens with zero attached hydrogens (tertiary/aromatic N) is 5. The molecule has 0 N–H and O–H groups in total. The Hall–Kier alpha value is -7.15. The topological polar surface area (TPSA) is 64.5 Å². The van der Waals surface area contributed by atoms with Crippen LogP contribution in [0.1, 0.15) is 0 Å². The SMILES string of the molecule is c1ccc(-c2cc(-c3ccc(-c4cccc(-c5nc(-c6ccccc6)nc(-c6ccc7sc8ccccc8c7c6)n5)c4)cc3)nc(-c3ccccc3)n2)cc1. The summed E-state index contributed by atoms with van der Waals surface area (Å²) in [5.41, 5.74) is 9.76. The van der Waals surface area contributed by atoms with Gasteiger partial charge in [0.05, 0.1) is 11.4 Å². The van der Waals surface area contributed by atoms with Crippen molar-refractivity contribution >= 4 is 31.5 Å². The minimum Gasteiger partial charge on any atom is -0.228 e. The molecular formula is C49H31N5S. The largest absolute Gasteiger partial charge is 0.228 e. The molecule has 6 heteroatoms. The summed E-state index contributed by atoms with van der Waals surface area (Å²) in [6.07, 6.45) is 0. The molecule has 5 nitrogen and oxygen atoms in total. The molecule has 0 spiro atoms. The van der Waals surface area contributed by atoms with Crippen LogP contribution in [-0.2, 0) is 0 Å². The summed E-state index contributed by atoms with van der Waals surface area (Å²) in [5.74, 6) is 2.61. The first-order valence-corrected chi connectivity index (χ1v) is 19.0. The van der Waals surface area contributed by atoms with Gasteiger partial charge in [-0.1, -0.05) is 152 Å². The zero-order valence-electron chi connectivity index (χ0n) is 29.5. The van der Waals surface area contributed by atoms with Gasteiger partial charge in [0.25, 0.3) is 0 Å². The predicted octanol–water partition coefficient (Wildman–Crippen LogP) is 12.7. The van der Waals surface area contributed by atoms with Crippen LogP contribution in [0.2, 0.25) is 0 Å². The third kappa shape index (κ3) is 6.45. The highest BCUT2D eigenvalue weighted by atomic mass is 32.1. The first-order valence-electron chi connectivity index (χ1n) is 18.2. The van der Waals surface area contributed by atoms with E-state index >= 15 is 0 Å². The highest BCUT2D eigenvalue weighted by molar-refractivity contribution is 7.25. The van der Waals surface area contributed by atoms with E-state index in [9.17, 15) is 0 Å². The second kappa shape index (κ2) is 14.0. The maximum absolute atomic E-state index is 5.09. The van der Waals surface area contributed by atoms with Crippen molar-refractivity contribution in [3.8, 4) is 79.2 Å². The van der Waals surface area contributed by atoms with Crippen molar-refractivity contribution in [3.05, 3.63) is 188 Å². The quantitative estimate of drug-likeness (QED) is 0.164. The Labute approximate surface area is 322 Å². The van der Waals surface area contributed by atoms with Crippen molar-refractivity contribution in [2.24, 2.45) is 0 Å². The number of aromatic nitrogens is 5. The number of fused-ring (bicyclic) bond motifs is 3. The third-order valence-corrected chi connectivity index (χ3v) is 10.9. The minimum absolute atomic E-state index is 0.625. The first-order chi connectivity index (χ1) is 27.2. The standard InChI is InChI=1S/C49H31N5S/c1-4-13-33(14-5-1)42-31-43(51-46(50-42)35-15-6-2-7-16-35)34-25-23-32(24-26-34)37-19-12-20-38(29-37)48-52-47(36-17-8-3-9-18-36)53-49(54-48)39-27-28-45-41(30-39)40-21-10-11-22-44(40)55-45/h1-31H. The fourth-order valence-corrected chi connectivity index (χ4v) is 8.04. The van der Waals surface area contributed by atoms with E-state index in [1.807, 2.05) is 78.9 Å². The summed E-state index contributed by atoms with van der Waals surface area (Å²) in [7, 11) is 0. The highest BCUT2D eigenvalue weighted by Gasteiger charge is 2.15. The van der Waals surface area contributed by atoms with Crippen LogP contribution in [0.25, 0.3) is 99.4 Å². The van der Waals surface area contributed by atoms with Gasteiger partial charge < -0.3 is 0 Å². The van der Waals surface area contributed by atoms with Gasteiger partial charge in [0.1, 0.15) is 0 Å². The lowest BCUT2D eigenvalue weighted by Gasteiger charge is -2.11. The molecule has 0 fully saturated rings. The summed E-state index contributed by atoms with van der Waals surface area (Å²) in [6.45, 7) is 0. The van der Waals surface area contributed by atoms with Gasteiger partial charge >= 0.3 is 0 Å². The maximum Gasteiger partial charge on any atom is 0.164 e. The summed E-state index contributed by atoms with van der Waals surface area (Å²) in [6, 6.07) is 64.6. The Morgan fingerprint density at radius 2 is 0.691 bits per heavy atom. The predicted molar refractivity (Wildman–Crippen MR) is 226 cm³/mol. The zero-order chi connectivity index (χ0) is 36.6. The van der Waals surface area contributed by atoms with Crippen LogP contribution in [0.5, 0.6) is 0 Å². The normalized spacial score (nSPS) is 11.3. The lowest BCUT2D eigenvalue weighted by Crippen LogP contribution is -2.00. The summed E-state index contributed by atoms with van der Waals surface area (Å²) >= 11 is 1.80. The Morgan fingerprint density at radius 3 is 1.35 bits per heavy atom. The Morgan fingerprint density at radius 1 is 0.255 bits per heavy atom. The Balaban J connectivity index is 1.03. The molecule has 0 radical (unpaired) electrons. The lowest BCUT2D eigenvalue weighted by molar-refractivity contribution is 1.07. The fraction of sp³-hybridized carbons (Fsp3) is 0. The van der Waals surface area contributed by atoms with E-state index in [4.69, 9.17) is 24.9 Å². The molecule has 0 aliphatic heterocycles. The average Bonchev–Trinajstić information content (AvgIpc) is 3.65. The van der Waals surface area contributed by atoms with E-state index < -0.39 is 0 Å². The van der Waals surface area contributed by atoms with Crippen LogP contribution < -0.4 is 0 Å². The van der Waals surface area contributed by atoms with Gasteiger partial charge in [-0.2, -0.15) is 0 Å². The Kier molecular flexibility index (Phi) is 8.28. The Bertz CT molecular complexity index is 2900. The monoisotopic (exact) mass is 721 g/mol. The molecule has 0 aliphatic carbocycles. The van der Waals surface area contributed by atoms with E-state index in [1.165, 1.54) is 20.2 Å². The van der Waals surface area contributed by atoms with Crippen LogP contribution >= 0.6 is 11.3 Å². The van der Waals surface area contributed by atoms with Crippen LogP contribution in [0, 0.1) is 0 Å². The molecule has 55 heavy (non-hydrogen) atoms. The van der Waals surface area contributed by atoms with Gasteiger partial charge in [-0.25, -0.2) is 24.9 Å². The molecule has 0 aliphatic rings. The number of benzene rings is 7. The van der Waals surface area contributed by atoms with Gasteiger partial charge in [0.15, 0.2) is 23.3 Å². The van der Waals surface area contributed by atoms with Crippen molar-refractivity contribution in [2.75, 3.05) is 0 Å². The summed E-state index contributed by atoms with van der Waals surface area (Å²) in [5, 5.41) is 2.45. The van der Waals surface area contributed by atoms with Crippen LogP contribution in [0.3, 0.4) is 0 Å². The van der Waals surface area contributed by atoms with E-state index in [0.717, 1.165) is 55.9 Å². The molecule has 0 bridgehead atoms. The van der Waals surface area contributed by atoms with Crippen molar-refractivity contribution in [3.63, 3.8) is 0 Å². The molecule has 0 saturated carbocycles. The molecule has 0 atom stereocenters. The average molecular weight is 722 g/mol. The number of rotatable bonds is 7. The maximum atomic E-state index is 5.09. The van der Waals surface area contributed by atoms with Gasteiger partial charge in [-0.3, -0.25) is 0 Å². The second-order valence-electron chi connectivity index (χ2n) is 13.3. The summed E-state index contributed by atoms with van der Waals surface area (Å²) < 4.78 is 2.51. The number of thiophene rings is 1. The van der Waals surface area contributed by atoms with E-state index in [1.54, 1.807) is 11.3 Å². The van der Waals surface area contributed by atoms with Crippen molar-refractivity contribution in [2.45, 2.75) is 0 Å². The van der Waals surface area contributed by atoms with Crippen molar-refractivity contribution in [1.82, 2.24) is 24.9 Å². The van der Waals surface area contributed by atoms with E-state index in [2.05, 4.69) is 109 Å². The molecule has 0 saturated heterocycles. The molecule has 7 aromatic carbocycles. The zero-order valence-corrected chi connectivity index (χ0v) is 30.4. The van der Waals surface area contributed by atoms with Crippen molar-refractivity contribution in [1.29, 1.82) is 0 Å². The van der Waals surface area contributed by atoms with Crippen LogP contribution in [0.4, 0.5) is 0 Å². The third-order valence-electron chi connectivity index (χ3n) is 9.76. The molecule has 258 valence electrons. The van der Waals surface area contributed by atoms with E-state index in [0.29, 0.717) is 23.3 Å². The molecule has 0 amide bonds. The van der Waals surface area contributed by atoms with E-state index in [-0.39, 0.29) is 0 Å². The van der Waals surface area contributed by atoms with Crippen LogP contribution in [0.15, 0.2) is 188 Å². The first kappa shape index (κ1) is 32.5. The number of hydrogen-bond acceptors (Lipinski definition) is 6. The molecule has 10 rings (SSSR count). The highest BCUT2D eigenvalue weighted by Crippen LogP contribution is 2.37. The van der Waals surface area contributed by atoms with Crippen LogP contribution in [-0.4, -0.2) is 24.9 Å². The molecule has 0 unspecified atom stereocenters. The van der Waals surface area contributed by atoms with Crippen molar-refractivity contribution < 1.29 is 0 Å². The van der Waals surface area contributed by atoms with Gasteiger partial charge in [-0.15, -0.1) is 11.3 Å². The molecular weight excluding hydrogens is 691 g/mol. The minimum atomic E-state index is 0.625. The smallest absolute Gasteiger partial charge is 0.164 e. The number of hydrogen-bond donors (Lipinski definition) is 0. The lowest BCUT2D eigenvalue weighted by atomic mass is 10.00. The van der Waals surface area contributed by atoms with Gasteiger partial charge in [-0.05, 0) is 47.5 Å². The molecule has 3 aromatic heterocycles. The van der Waals surface area contributed by atoms with Gasteiger partial charge in [0, 0.05) is 53.6 Å².